The summed E-state index contributed by atoms with van der Waals surface area (Å²) < 4.78 is 23.6. The average Bonchev–Trinajstić information content (AvgIpc) is 2.70. The molecule has 2 aromatic rings. The molecule has 0 aliphatic carbocycles. The van der Waals surface area contributed by atoms with E-state index in [0.29, 0.717) is 32.8 Å². The highest BCUT2D eigenvalue weighted by Gasteiger charge is 2.20. The second-order valence-electron chi connectivity index (χ2n) is 7.52. The number of halogens is 1. The lowest BCUT2D eigenvalue weighted by molar-refractivity contribution is 0.403. The zero-order chi connectivity index (χ0) is 21.9. The molecule has 0 spiro atoms. The fourth-order valence-corrected chi connectivity index (χ4v) is 3.91. The molecule has 0 bridgehead atoms. The second-order valence-corrected chi connectivity index (χ2v) is 9.38. The number of allylic oxidation sites excluding steroid dienone is 1. The fourth-order valence-electron chi connectivity index (χ4n) is 2.67. The van der Waals surface area contributed by atoms with E-state index < -0.39 is 10.8 Å². The Hall–Kier alpha value is -2.22. The fraction of sp³-hybridized carbons (Fsp3) is 0.333. The molecule has 0 aromatic heterocycles. The van der Waals surface area contributed by atoms with Gasteiger partial charge in [-0.15, -0.1) is 0 Å². The highest BCUT2D eigenvalue weighted by atomic mass is 35.5. The van der Waals surface area contributed by atoms with Crippen LogP contribution in [-0.4, -0.2) is 18.4 Å². The molecule has 2 rings (SSSR count). The van der Waals surface area contributed by atoms with Crippen LogP contribution in [0.2, 0.25) is 5.02 Å². The minimum atomic E-state index is -1.57. The molecule has 0 saturated carbocycles. The maximum Gasteiger partial charge on any atom is 0.145 e. The molecule has 1 unspecified atom stereocenters. The third-order valence-electron chi connectivity index (χ3n) is 4.56. The molecule has 6 nitrogen and oxygen atoms in total. The highest BCUT2D eigenvalue weighted by molar-refractivity contribution is 7.89. The smallest absolute Gasteiger partial charge is 0.145 e. The van der Waals surface area contributed by atoms with Gasteiger partial charge in [0.05, 0.1) is 24.9 Å². The number of nitrogens with zero attached hydrogens (tertiary/aromatic N) is 1. The summed E-state index contributed by atoms with van der Waals surface area (Å²) in [7, 11) is 1.44. The number of nitrogens with two attached hydrogens (primary N) is 2. The molecular weight excluding hydrogens is 410 g/mol. The van der Waals surface area contributed by atoms with Crippen LogP contribution in [0.15, 0.2) is 52.0 Å². The summed E-state index contributed by atoms with van der Waals surface area (Å²) in [6.45, 7) is 8.06. The number of hydrogen-bond acceptors (Lipinski definition) is 6. The van der Waals surface area contributed by atoms with Crippen LogP contribution >= 0.6 is 11.6 Å². The van der Waals surface area contributed by atoms with Crippen molar-refractivity contribution in [2.75, 3.05) is 19.2 Å². The molecule has 0 heterocycles. The van der Waals surface area contributed by atoms with Crippen molar-refractivity contribution in [3.05, 3.63) is 57.7 Å². The number of hydrogen-bond donors (Lipinski definition) is 2. The molecule has 0 radical (unpaired) electrons. The van der Waals surface area contributed by atoms with Crippen molar-refractivity contribution < 1.29 is 13.7 Å². The van der Waals surface area contributed by atoms with Gasteiger partial charge in [-0.2, -0.15) is 0 Å². The Bertz CT molecular complexity index is 937. The van der Waals surface area contributed by atoms with Crippen LogP contribution in [0.3, 0.4) is 0 Å². The van der Waals surface area contributed by atoms with Gasteiger partial charge in [0.15, 0.2) is 0 Å². The van der Waals surface area contributed by atoms with Gasteiger partial charge >= 0.3 is 0 Å². The van der Waals surface area contributed by atoms with Gasteiger partial charge in [-0.05, 0) is 30.0 Å². The van der Waals surface area contributed by atoms with Crippen molar-refractivity contribution in [1.29, 1.82) is 0 Å². The van der Waals surface area contributed by atoms with Crippen molar-refractivity contribution in [3.8, 4) is 11.5 Å². The number of methoxy groups -OCH3 is 2. The van der Waals surface area contributed by atoms with E-state index in [1.807, 2.05) is 24.3 Å². The molecule has 0 amide bonds. The Kier molecular flexibility index (Phi) is 7.21. The Balaban J connectivity index is 2.40. The summed E-state index contributed by atoms with van der Waals surface area (Å²) in [5.41, 5.74) is 8.27. The van der Waals surface area contributed by atoms with Crippen LogP contribution in [0.5, 0.6) is 11.5 Å². The summed E-state index contributed by atoms with van der Waals surface area (Å²) in [5.74, 6) is 7.14. The normalized spacial score (nSPS) is 13.5. The summed E-state index contributed by atoms with van der Waals surface area (Å²) in [6.07, 6.45) is 0. The number of anilines is 1. The average molecular weight is 438 g/mol. The predicted molar refractivity (Wildman–Crippen MR) is 120 cm³/mol. The highest BCUT2D eigenvalue weighted by Crippen LogP contribution is 2.38. The van der Waals surface area contributed by atoms with E-state index in [-0.39, 0.29) is 10.4 Å². The van der Waals surface area contributed by atoms with Crippen molar-refractivity contribution in [2.45, 2.75) is 38.0 Å². The van der Waals surface area contributed by atoms with Gasteiger partial charge in [0.25, 0.3) is 0 Å². The first kappa shape index (κ1) is 23.1. The molecule has 0 aliphatic rings. The van der Waals surface area contributed by atoms with Gasteiger partial charge in [0.2, 0.25) is 0 Å². The maximum absolute atomic E-state index is 13.0. The quantitative estimate of drug-likeness (QED) is 0.517. The number of hydrazine groups is 1. The van der Waals surface area contributed by atoms with Gasteiger partial charge in [-0.1, -0.05) is 44.5 Å². The number of rotatable bonds is 6. The lowest BCUT2D eigenvalue weighted by Crippen LogP contribution is -2.32. The summed E-state index contributed by atoms with van der Waals surface area (Å²) in [5, 5.41) is 1.85. The van der Waals surface area contributed by atoms with Gasteiger partial charge in [0.1, 0.15) is 33.0 Å². The van der Waals surface area contributed by atoms with Gasteiger partial charge in [-0.25, -0.2) is 10.1 Å². The Labute approximate surface area is 179 Å². The SMILES string of the molecule is COc1cc(N(N)/C(C)=C(\N)S(=O)c2ccc(C(C)(C)C)cc2)c(OC)cc1Cl. The topological polar surface area (TPSA) is 90.8 Å². The first-order chi connectivity index (χ1) is 13.5. The van der Waals surface area contributed by atoms with E-state index in [2.05, 4.69) is 20.8 Å². The summed E-state index contributed by atoms with van der Waals surface area (Å²) in [6, 6.07) is 10.8. The molecule has 8 heteroatoms. The Morgan fingerprint density at radius 2 is 1.62 bits per heavy atom. The molecule has 0 saturated heterocycles. The van der Waals surface area contributed by atoms with Crippen LogP contribution in [0.1, 0.15) is 33.3 Å². The first-order valence-corrected chi connectivity index (χ1v) is 10.5. The molecule has 1 atom stereocenters. The van der Waals surface area contributed by atoms with Gasteiger partial charge in [0, 0.05) is 17.0 Å². The lowest BCUT2D eigenvalue weighted by atomic mass is 9.87. The standard InChI is InChI=1S/C21H28ClN3O3S/c1-13(25(24)17-12-18(27-5)16(22)11-19(17)28-6)20(23)29(26)15-9-7-14(8-10-15)21(2,3)4/h7-12H,23-24H2,1-6H3/b20-13+. The van der Waals surface area contributed by atoms with Crippen molar-refractivity contribution in [3.63, 3.8) is 0 Å². The number of ether oxygens (including phenoxy) is 2. The van der Waals surface area contributed by atoms with Crippen molar-refractivity contribution in [1.82, 2.24) is 0 Å². The monoisotopic (exact) mass is 437 g/mol. The largest absolute Gasteiger partial charge is 0.495 e. The Morgan fingerprint density at radius 1 is 1.07 bits per heavy atom. The minimum absolute atomic E-state index is 0.00950. The predicted octanol–water partition coefficient (Wildman–Crippen LogP) is 4.29. The van der Waals surface area contributed by atoms with Crippen molar-refractivity contribution >= 4 is 28.1 Å². The molecule has 4 N–H and O–H groups in total. The van der Waals surface area contributed by atoms with Crippen LogP contribution in [0.25, 0.3) is 0 Å². The molecule has 0 aliphatic heterocycles. The van der Waals surface area contributed by atoms with E-state index in [1.54, 1.807) is 19.1 Å². The van der Waals surface area contributed by atoms with Crippen LogP contribution in [0, 0.1) is 0 Å². The Morgan fingerprint density at radius 3 is 2.10 bits per heavy atom. The first-order valence-electron chi connectivity index (χ1n) is 8.96. The van der Waals surface area contributed by atoms with E-state index in [4.69, 9.17) is 32.7 Å². The van der Waals surface area contributed by atoms with Crippen LogP contribution < -0.4 is 26.1 Å². The third-order valence-corrected chi connectivity index (χ3v) is 6.26. The molecule has 0 fully saturated rings. The lowest BCUT2D eigenvalue weighted by Gasteiger charge is -2.24. The molecule has 29 heavy (non-hydrogen) atoms. The van der Waals surface area contributed by atoms with Crippen LogP contribution in [0.4, 0.5) is 5.69 Å². The van der Waals surface area contributed by atoms with Crippen molar-refractivity contribution in [2.24, 2.45) is 11.6 Å². The van der Waals surface area contributed by atoms with E-state index in [9.17, 15) is 4.21 Å². The zero-order valence-corrected chi connectivity index (χ0v) is 19.1. The number of benzene rings is 2. The zero-order valence-electron chi connectivity index (χ0n) is 17.6. The summed E-state index contributed by atoms with van der Waals surface area (Å²) >= 11 is 6.15. The second kappa shape index (κ2) is 9.07. The minimum Gasteiger partial charge on any atom is -0.495 e. The maximum atomic E-state index is 13.0. The van der Waals surface area contributed by atoms with Gasteiger partial charge < -0.3 is 15.2 Å². The summed E-state index contributed by atoms with van der Waals surface area (Å²) in [4.78, 5) is 0.601. The molecular formula is C21H28ClN3O3S. The molecule has 2 aromatic carbocycles. The molecule has 158 valence electrons. The van der Waals surface area contributed by atoms with E-state index >= 15 is 0 Å². The van der Waals surface area contributed by atoms with E-state index in [0.717, 1.165) is 5.56 Å². The van der Waals surface area contributed by atoms with Gasteiger partial charge in [-0.3, -0.25) is 5.01 Å². The van der Waals surface area contributed by atoms with E-state index in [1.165, 1.54) is 19.2 Å². The third kappa shape index (κ3) is 5.04. The van der Waals surface area contributed by atoms with Crippen LogP contribution in [-0.2, 0) is 16.2 Å².